The van der Waals surface area contributed by atoms with E-state index in [1.807, 2.05) is 0 Å². The van der Waals surface area contributed by atoms with Crippen molar-refractivity contribution in [2.24, 2.45) is 0 Å². The van der Waals surface area contributed by atoms with Gasteiger partial charge < -0.3 is 74.7 Å². The minimum absolute atomic E-state index is 0.751. The summed E-state index contributed by atoms with van der Waals surface area (Å²) in [6.07, 6.45) is -26.5. The molecule has 0 aromatic carbocycles. The SMILES string of the molecule is OC[C@H]1O[C@@H](O[C@H]2[C@H](O)[C@@H](O)[C@H](O[C@H]3[C@H](O)[C@@H](F)[C@@H](O)O[C@@H]3CO)O[C@@H]2CO)[C@H](O)[C@@H](O)[C@@H]1O. The molecule has 3 saturated heterocycles. The lowest BCUT2D eigenvalue weighted by molar-refractivity contribution is -0.375. The summed E-state index contributed by atoms with van der Waals surface area (Å²) in [6.45, 7) is -2.41. The standard InChI is InChI=1S/C18H31FO15/c19-7-9(24)14(5(2-21)30-16(7)29)33-18-13(28)11(26)15(6(3-22)32-18)34-17-12(27)10(25)8(23)4(1-20)31-17/h4-18,20-29H,1-3H2/t4-,5-,6-,7-,8-,9-,10+,11-,12-,13-,14-,15-,16+,17+,18+/m1/s1. The summed E-state index contributed by atoms with van der Waals surface area (Å²) in [5.41, 5.74) is 0. The maximum Gasteiger partial charge on any atom is 0.189 e. The second kappa shape index (κ2) is 11.6. The third-order valence-corrected chi connectivity index (χ3v) is 6.05. The smallest absolute Gasteiger partial charge is 0.189 e. The van der Waals surface area contributed by atoms with Crippen LogP contribution in [0, 0.1) is 0 Å². The molecule has 0 radical (unpaired) electrons. The number of ether oxygens (including phenoxy) is 5. The predicted molar refractivity (Wildman–Crippen MR) is 100 cm³/mol. The van der Waals surface area contributed by atoms with Crippen molar-refractivity contribution in [3.63, 3.8) is 0 Å². The molecule has 15 nitrogen and oxygen atoms in total. The Hall–Kier alpha value is -0.670. The molecule has 0 aromatic heterocycles. The van der Waals surface area contributed by atoms with E-state index >= 15 is 0 Å². The third kappa shape index (κ3) is 5.36. The van der Waals surface area contributed by atoms with Crippen LogP contribution in [0.4, 0.5) is 4.39 Å². The first kappa shape index (κ1) is 27.9. The van der Waals surface area contributed by atoms with Gasteiger partial charge in [0.2, 0.25) is 0 Å². The van der Waals surface area contributed by atoms with Gasteiger partial charge in [-0.1, -0.05) is 0 Å². The molecule has 10 N–H and O–H groups in total. The molecule has 3 fully saturated rings. The fourth-order valence-electron chi connectivity index (χ4n) is 4.04. The van der Waals surface area contributed by atoms with Crippen molar-refractivity contribution in [1.29, 1.82) is 0 Å². The first-order chi connectivity index (χ1) is 16.0. The molecule has 3 aliphatic rings. The zero-order chi connectivity index (χ0) is 25.3. The summed E-state index contributed by atoms with van der Waals surface area (Å²) in [5, 5.41) is 98.8. The minimum Gasteiger partial charge on any atom is -0.394 e. The van der Waals surface area contributed by atoms with Gasteiger partial charge in [0.15, 0.2) is 25.0 Å². The first-order valence-corrected chi connectivity index (χ1v) is 10.6. The van der Waals surface area contributed by atoms with Crippen LogP contribution in [-0.2, 0) is 23.7 Å². The fraction of sp³-hybridized carbons (Fsp3) is 1.00. The van der Waals surface area contributed by atoms with Gasteiger partial charge in [-0.3, -0.25) is 0 Å². The largest absolute Gasteiger partial charge is 0.394 e. The topological polar surface area (TPSA) is 248 Å². The summed E-state index contributed by atoms with van der Waals surface area (Å²) in [7, 11) is 0. The van der Waals surface area contributed by atoms with Gasteiger partial charge in [0.1, 0.15) is 67.1 Å². The van der Waals surface area contributed by atoms with Crippen LogP contribution >= 0.6 is 0 Å². The van der Waals surface area contributed by atoms with Crippen LogP contribution in [0.3, 0.4) is 0 Å². The van der Waals surface area contributed by atoms with Gasteiger partial charge >= 0.3 is 0 Å². The van der Waals surface area contributed by atoms with Crippen LogP contribution in [0.15, 0.2) is 0 Å². The van der Waals surface area contributed by atoms with E-state index in [-0.39, 0.29) is 0 Å². The average molecular weight is 506 g/mol. The van der Waals surface area contributed by atoms with E-state index in [1.54, 1.807) is 0 Å². The van der Waals surface area contributed by atoms with E-state index in [0.717, 1.165) is 0 Å². The van der Waals surface area contributed by atoms with E-state index in [2.05, 4.69) is 0 Å². The molecular formula is C18H31FO15. The normalized spacial score (nSPS) is 52.5. The van der Waals surface area contributed by atoms with Crippen LogP contribution in [0.2, 0.25) is 0 Å². The molecule has 3 heterocycles. The van der Waals surface area contributed by atoms with Crippen molar-refractivity contribution in [2.75, 3.05) is 19.8 Å². The Kier molecular flexibility index (Phi) is 9.51. The maximum atomic E-state index is 14.0. The second-order valence-corrected chi connectivity index (χ2v) is 8.29. The quantitative estimate of drug-likeness (QED) is 0.154. The van der Waals surface area contributed by atoms with Crippen LogP contribution in [-0.4, -0.2) is 163 Å². The van der Waals surface area contributed by atoms with Crippen LogP contribution < -0.4 is 0 Å². The third-order valence-electron chi connectivity index (χ3n) is 6.05. The predicted octanol–water partition coefficient (Wildman–Crippen LogP) is -6.60. The second-order valence-electron chi connectivity index (χ2n) is 8.29. The Balaban J connectivity index is 1.72. The molecule has 0 aromatic rings. The van der Waals surface area contributed by atoms with Gasteiger partial charge in [-0.15, -0.1) is 0 Å². The van der Waals surface area contributed by atoms with Crippen LogP contribution in [0.5, 0.6) is 0 Å². The summed E-state index contributed by atoms with van der Waals surface area (Å²) in [6, 6.07) is 0. The first-order valence-electron chi connectivity index (χ1n) is 10.6. The zero-order valence-corrected chi connectivity index (χ0v) is 17.7. The molecule has 34 heavy (non-hydrogen) atoms. The Morgan fingerprint density at radius 3 is 1.50 bits per heavy atom. The van der Waals surface area contributed by atoms with Crippen molar-refractivity contribution in [3.8, 4) is 0 Å². The molecular weight excluding hydrogens is 475 g/mol. The molecule has 0 saturated carbocycles. The number of rotatable bonds is 7. The Morgan fingerprint density at radius 2 is 0.971 bits per heavy atom. The van der Waals surface area contributed by atoms with Crippen molar-refractivity contribution in [3.05, 3.63) is 0 Å². The number of aliphatic hydroxyl groups excluding tert-OH is 10. The summed E-state index contributed by atoms with van der Waals surface area (Å²) < 4.78 is 40.1. The fourth-order valence-corrected chi connectivity index (χ4v) is 4.04. The Labute approximate surface area is 192 Å². The number of halogens is 1. The highest BCUT2D eigenvalue weighted by atomic mass is 19.1. The van der Waals surface area contributed by atoms with Crippen molar-refractivity contribution < 1.29 is 79.1 Å². The Morgan fingerprint density at radius 1 is 0.529 bits per heavy atom. The summed E-state index contributed by atoms with van der Waals surface area (Å²) in [4.78, 5) is 0. The van der Waals surface area contributed by atoms with Gasteiger partial charge in [0.25, 0.3) is 0 Å². The highest BCUT2D eigenvalue weighted by Crippen LogP contribution is 2.32. The van der Waals surface area contributed by atoms with Crippen molar-refractivity contribution >= 4 is 0 Å². The number of aliphatic hydroxyl groups is 10. The molecule has 15 atom stereocenters. The van der Waals surface area contributed by atoms with Gasteiger partial charge in [0.05, 0.1) is 19.8 Å². The van der Waals surface area contributed by atoms with E-state index < -0.39 is 112 Å². The maximum absolute atomic E-state index is 14.0. The van der Waals surface area contributed by atoms with Crippen LogP contribution in [0.25, 0.3) is 0 Å². The Bertz CT molecular complexity index is 640. The van der Waals surface area contributed by atoms with E-state index in [9.17, 15) is 55.5 Å². The minimum atomic E-state index is -2.32. The number of alkyl halides is 1. The molecule has 0 amide bonds. The molecule has 0 unspecified atom stereocenters. The molecule has 0 bridgehead atoms. The molecule has 3 aliphatic heterocycles. The number of hydrogen-bond acceptors (Lipinski definition) is 15. The lowest BCUT2D eigenvalue weighted by Gasteiger charge is -2.47. The summed E-state index contributed by atoms with van der Waals surface area (Å²) >= 11 is 0. The number of hydrogen-bond donors (Lipinski definition) is 10. The molecule has 0 aliphatic carbocycles. The lowest BCUT2D eigenvalue weighted by Crippen LogP contribution is -2.66. The molecule has 16 heteroatoms. The van der Waals surface area contributed by atoms with Crippen molar-refractivity contribution in [2.45, 2.75) is 92.2 Å². The lowest BCUT2D eigenvalue weighted by atomic mass is 9.96. The zero-order valence-electron chi connectivity index (χ0n) is 17.7. The molecule has 0 spiro atoms. The van der Waals surface area contributed by atoms with E-state index in [1.165, 1.54) is 0 Å². The van der Waals surface area contributed by atoms with E-state index in [0.29, 0.717) is 0 Å². The monoisotopic (exact) mass is 506 g/mol. The summed E-state index contributed by atoms with van der Waals surface area (Å²) in [5.74, 6) is 0. The average Bonchev–Trinajstić information content (AvgIpc) is 2.83. The van der Waals surface area contributed by atoms with Gasteiger partial charge in [-0.2, -0.15) is 0 Å². The van der Waals surface area contributed by atoms with Gasteiger partial charge in [0, 0.05) is 0 Å². The van der Waals surface area contributed by atoms with E-state index in [4.69, 9.17) is 23.7 Å². The highest BCUT2D eigenvalue weighted by Gasteiger charge is 2.53. The molecule has 3 rings (SSSR count). The highest BCUT2D eigenvalue weighted by molar-refractivity contribution is 4.96. The molecule has 200 valence electrons. The van der Waals surface area contributed by atoms with Gasteiger partial charge in [-0.25, -0.2) is 4.39 Å². The van der Waals surface area contributed by atoms with Crippen molar-refractivity contribution in [1.82, 2.24) is 0 Å². The van der Waals surface area contributed by atoms with Crippen LogP contribution in [0.1, 0.15) is 0 Å². The van der Waals surface area contributed by atoms with Gasteiger partial charge in [-0.05, 0) is 0 Å².